The molecule has 7 heteroatoms. The Bertz CT molecular complexity index is 555. The van der Waals surface area contributed by atoms with Gasteiger partial charge in [0, 0.05) is 24.9 Å². The Morgan fingerprint density at radius 2 is 2.05 bits per heavy atom. The second kappa shape index (κ2) is 6.25. The van der Waals surface area contributed by atoms with E-state index >= 15 is 0 Å². The highest BCUT2D eigenvalue weighted by atomic mass is 32.2. The Labute approximate surface area is 125 Å². The van der Waals surface area contributed by atoms with Crippen LogP contribution in [0.3, 0.4) is 0 Å². The molecular weight excluding hydrogens is 304 g/mol. The van der Waals surface area contributed by atoms with E-state index in [9.17, 15) is 17.6 Å². The zero-order valence-electron chi connectivity index (χ0n) is 11.8. The summed E-state index contributed by atoms with van der Waals surface area (Å²) >= 11 is 0.661. The van der Waals surface area contributed by atoms with Crippen LogP contribution in [0.5, 0.6) is 0 Å². The number of hydrogen-bond donors (Lipinski definition) is 0. The molecule has 0 unspecified atom stereocenters. The molecule has 0 atom stereocenters. The number of nitrogens with zero attached hydrogens (tertiary/aromatic N) is 2. The summed E-state index contributed by atoms with van der Waals surface area (Å²) in [7, 11) is 1.87. The molecule has 0 bridgehead atoms. The molecule has 1 aliphatic rings. The zero-order valence-corrected chi connectivity index (χ0v) is 12.6. The van der Waals surface area contributed by atoms with E-state index in [2.05, 4.69) is 4.99 Å². The molecule has 1 aromatic rings. The molecule has 2 nitrogen and oxygen atoms in total. The van der Waals surface area contributed by atoms with E-state index in [1.54, 1.807) is 6.92 Å². The fourth-order valence-electron chi connectivity index (χ4n) is 2.12. The monoisotopic (exact) mass is 320 g/mol. The molecule has 1 heterocycles. The van der Waals surface area contributed by atoms with Crippen LogP contribution in [0.2, 0.25) is 0 Å². The first-order valence-corrected chi connectivity index (χ1v) is 7.53. The summed E-state index contributed by atoms with van der Waals surface area (Å²) in [5.41, 5.74) is 0.597. The minimum Gasteiger partial charge on any atom is -0.363 e. The molecule has 116 valence electrons. The molecule has 0 radical (unpaired) electrons. The molecular formula is C14H16F4N2S. The van der Waals surface area contributed by atoms with Crippen LogP contribution in [0.25, 0.3) is 0 Å². The molecule has 0 N–H and O–H groups in total. The third kappa shape index (κ3) is 4.36. The first-order chi connectivity index (χ1) is 9.76. The van der Waals surface area contributed by atoms with E-state index in [-0.39, 0.29) is 5.69 Å². The number of hydrogen-bond acceptors (Lipinski definition) is 2. The summed E-state index contributed by atoms with van der Waals surface area (Å²) in [4.78, 5) is 6.60. The van der Waals surface area contributed by atoms with Gasteiger partial charge in [-0.05, 0) is 31.0 Å². The van der Waals surface area contributed by atoms with Crippen molar-refractivity contribution < 1.29 is 17.6 Å². The lowest BCUT2D eigenvalue weighted by molar-refractivity contribution is -0.105. The van der Waals surface area contributed by atoms with E-state index in [1.807, 2.05) is 11.9 Å². The van der Waals surface area contributed by atoms with Crippen LogP contribution in [0.15, 0.2) is 22.0 Å². The normalized spacial score (nSPS) is 17.8. The van der Waals surface area contributed by atoms with Crippen LogP contribution in [-0.2, 0) is 0 Å². The Morgan fingerprint density at radius 3 is 2.62 bits per heavy atom. The maximum atomic E-state index is 13.9. The summed E-state index contributed by atoms with van der Waals surface area (Å²) < 4.78 is 50.8. The van der Waals surface area contributed by atoms with Gasteiger partial charge in [0.1, 0.15) is 17.3 Å². The third-order valence-corrected chi connectivity index (χ3v) is 4.44. The standard InChI is InChI=1S/C14H16F4N2S/c1-9-6-10(15)11(19-13-4-3-5-20(13)2)7-12(9)21-8-14(16,17)18/h6-7H,3-5,8H2,1-2H3/b19-13+. The van der Waals surface area contributed by atoms with Gasteiger partial charge in [-0.25, -0.2) is 9.38 Å². The second-order valence-electron chi connectivity index (χ2n) is 5.03. The van der Waals surface area contributed by atoms with E-state index in [0.717, 1.165) is 25.2 Å². The second-order valence-corrected chi connectivity index (χ2v) is 6.04. The summed E-state index contributed by atoms with van der Waals surface area (Å²) in [5, 5.41) is 0. The summed E-state index contributed by atoms with van der Waals surface area (Å²) in [6, 6.07) is 2.65. The number of amidine groups is 1. The van der Waals surface area contributed by atoms with Crippen LogP contribution < -0.4 is 0 Å². The average molecular weight is 320 g/mol. The highest BCUT2D eigenvalue weighted by molar-refractivity contribution is 7.99. The number of alkyl halides is 3. The average Bonchev–Trinajstić information content (AvgIpc) is 2.76. The number of benzene rings is 1. The van der Waals surface area contributed by atoms with Gasteiger partial charge in [0.15, 0.2) is 0 Å². The van der Waals surface area contributed by atoms with Crippen molar-refractivity contribution in [3.63, 3.8) is 0 Å². The molecule has 1 aliphatic heterocycles. The van der Waals surface area contributed by atoms with Crippen molar-refractivity contribution in [2.24, 2.45) is 4.99 Å². The van der Waals surface area contributed by atoms with Crippen LogP contribution >= 0.6 is 11.8 Å². The summed E-state index contributed by atoms with van der Waals surface area (Å²) in [5.74, 6) is -0.726. The minimum atomic E-state index is -4.25. The maximum absolute atomic E-state index is 13.9. The van der Waals surface area contributed by atoms with Gasteiger partial charge in [-0.15, -0.1) is 11.8 Å². The summed E-state index contributed by atoms with van der Waals surface area (Å²) in [6.45, 7) is 2.46. The molecule has 2 rings (SSSR count). The van der Waals surface area contributed by atoms with E-state index in [1.165, 1.54) is 12.1 Å². The maximum Gasteiger partial charge on any atom is 0.398 e. The lowest BCUT2D eigenvalue weighted by Crippen LogP contribution is -2.18. The smallest absolute Gasteiger partial charge is 0.363 e. The molecule has 0 spiro atoms. The fraction of sp³-hybridized carbons (Fsp3) is 0.500. The Kier molecular flexibility index (Phi) is 4.81. The van der Waals surface area contributed by atoms with Crippen LogP contribution in [0.4, 0.5) is 23.2 Å². The van der Waals surface area contributed by atoms with Crippen molar-refractivity contribution in [1.29, 1.82) is 0 Å². The number of likely N-dealkylation sites (tertiary alicyclic amines) is 1. The Hall–Kier alpha value is -1.24. The lowest BCUT2D eigenvalue weighted by Gasteiger charge is -2.13. The Balaban J connectivity index is 2.26. The van der Waals surface area contributed by atoms with Gasteiger partial charge in [-0.1, -0.05) is 0 Å². The van der Waals surface area contributed by atoms with Crippen molar-refractivity contribution in [2.75, 3.05) is 19.3 Å². The highest BCUT2D eigenvalue weighted by Gasteiger charge is 2.27. The first-order valence-electron chi connectivity index (χ1n) is 6.54. The predicted molar refractivity (Wildman–Crippen MR) is 76.9 cm³/mol. The van der Waals surface area contributed by atoms with Crippen molar-refractivity contribution in [1.82, 2.24) is 4.90 Å². The van der Waals surface area contributed by atoms with Gasteiger partial charge in [0.25, 0.3) is 0 Å². The number of aryl methyl sites for hydroxylation is 1. The minimum absolute atomic E-state index is 0.106. The summed E-state index contributed by atoms with van der Waals surface area (Å²) in [6.07, 6.45) is -2.53. The van der Waals surface area contributed by atoms with Crippen molar-refractivity contribution in [3.8, 4) is 0 Å². The van der Waals surface area contributed by atoms with E-state index < -0.39 is 17.7 Å². The van der Waals surface area contributed by atoms with Gasteiger partial charge in [0.2, 0.25) is 0 Å². The molecule has 21 heavy (non-hydrogen) atoms. The molecule has 0 aliphatic carbocycles. The fourth-order valence-corrected chi connectivity index (χ4v) is 2.92. The molecule has 0 saturated carbocycles. The van der Waals surface area contributed by atoms with E-state index in [0.29, 0.717) is 22.2 Å². The zero-order chi connectivity index (χ0) is 15.6. The van der Waals surface area contributed by atoms with Crippen LogP contribution in [0.1, 0.15) is 18.4 Å². The van der Waals surface area contributed by atoms with Crippen molar-refractivity contribution >= 4 is 23.3 Å². The van der Waals surface area contributed by atoms with E-state index in [4.69, 9.17) is 0 Å². The molecule has 0 aromatic heterocycles. The van der Waals surface area contributed by atoms with Crippen LogP contribution in [-0.4, -0.2) is 36.3 Å². The number of aliphatic imine (C=N–C) groups is 1. The number of thioether (sulfide) groups is 1. The van der Waals surface area contributed by atoms with Gasteiger partial charge < -0.3 is 4.90 Å². The lowest BCUT2D eigenvalue weighted by atomic mass is 10.2. The van der Waals surface area contributed by atoms with Gasteiger partial charge in [-0.2, -0.15) is 13.2 Å². The first kappa shape index (κ1) is 16.1. The largest absolute Gasteiger partial charge is 0.398 e. The van der Waals surface area contributed by atoms with Crippen LogP contribution in [0, 0.1) is 12.7 Å². The predicted octanol–water partition coefficient (Wildman–Crippen LogP) is 4.54. The third-order valence-electron chi connectivity index (χ3n) is 3.22. The Morgan fingerprint density at radius 1 is 1.33 bits per heavy atom. The number of halogens is 4. The molecule has 1 fully saturated rings. The highest BCUT2D eigenvalue weighted by Crippen LogP contribution is 2.33. The SMILES string of the molecule is Cc1cc(F)c(/N=C2\CCCN2C)cc1SCC(F)(F)F. The number of rotatable bonds is 3. The molecule has 1 aromatic carbocycles. The molecule has 0 amide bonds. The topological polar surface area (TPSA) is 15.6 Å². The quantitative estimate of drug-likeness (QED) is 0.600. The molecule has 1 saturated heterocycles. The van der Waals surface area contributed by atoms with Crippen molar-refractivity contribution in [3.05, 3.63) is 23.5 Å². The van der Waals surface area contributed by atoms with Gasteiger partial charge in [0.05, 0.1) is 5.75 Å². The van der Waals surface area contributed by atoms with Crippen molar-refractivity contribution in [2.45, 2.75) is 30.8 Å². The van der Waals surface area contributed by atoms with Gasteiger partial charge in [-0.3, -0.25) is 0 Å². The van der Waals surface area contributed by atoms with Gasteiger partial charge >= 0.3 is 6.18 Å².